The van der Waals surface area contributed by atoms with Gasteiger partial charge in [-0.2, -0.15) is 0 Å². The van der Waals surface area contributed by atoms with Crippen molar-refractivity contribution in [3.63, 3.8) is 0 Å². The molecular formula is C36H58BrN2P. The zero-order chi connectivity index (χ0) is 31.4. The largest absolute Gasteiger partial charge is 0.208 e. The lowest BCUT2D eigenvalue weighted by atomic mass is 9.74. The Balaban J connectivity index is 3.12. The summed E-state index contributed by atoms with van der Waals surface area (Å²) in [5.74, 6) is 0. The van der Waals surface area contributed by atoms with Gasteiger partial charge >= 0.3 is 0 Å². The van der Waals surface area contributed by atoms with Crippen molar-refractivity contribution in [2.24, 2.45) is 9.49 Å². The Kier molecular flexibility index (Phi) is 9.76. The van der Waals surface area contributed by atoms with E-state index in [-0.39, 0.29) is 32.5 Å². The van der Waals surface area contributed by atoms with E-state index in [0.29, 0.717) is 0 Å². The third-order valence-corrected chi connectivity index (χ3v) is 9.23. The minimum absolute atomic E-state index is 0.0508. The summed E-state index contributed by atoms with van der Waals surface area (Å²) in [6.45, 7) is 41.4. The van der Waals surface area contributed by atoms with Gasteiger partial charge in [-0.25, -0.2) is 9.49 Å². The maximum absolute atomic E-state index is 5.44. The van der Waals surface area contributed by atoms with Crippen LogP contribution < -0.4 is 0 Å². The van der Waals surface area contributed by atoms with Crippen LogP contribution in [0.3, 0.4) is 0 Å². The third-order valence-electron chi connectivity index (χ3n) is 7.55. The van der Waals surface area contributed by atoms with Gasteiger partial charge in [0, 0.05) is 15.5 Å². The zero-order valence-corrected chi connectivity index (χ0v) is 31.5. The summed E-state index contributed by atoms with van der Waals surface area (Å²) in [5.41, 5.74) is 10.0. The van der Waals surface area contributed by atoms with Crippen LogP contribution in [0.4, 0.5) is 11.4 Å². The van der Waals surface area contributed by atoms with Crippen molar-refractivity contribution < 1.29 is 0 Å². The van der Waals surface area contributed by atoms with Crippen molar-refractivity contribution in [2.45, 2.75) is 157 Å². The Morgan fingerprint density at radius 1 is 0.400 bits per heavy atom. The maximum atomic E-state index is 5.44. The summed E-state index contributed by atoms with van der Waals surface area (Å²) < 4.78 is 10.9. The molecule has 0 aliphatic heterocycles. The summed E-state index contributed by atoms with van der Waals surface area (Å²) in [5, 5.41) is 0. The lowest BCUT2D eigenvalue weighted by Gasteiger charge is -2.32. The van der Waals surface area contributed by atoms with E-state index in [1.807, 2.05) is 0 Å². The van der Waals surface area contributed by atoms with Crippen LogP contribution in [0.15, 0.2) is 33.8 Å². The minimum Gasteiger partial charge on any atom is -0.208 e. The Morgan fingerprint density at radius 3 is 0.750 bits per heavy atom. The monoisotopic (exact) mass is 628 g/mol. The number of rotatable bonds is 2. The van der Waals surface area contributed by atoms with Gasteiger partial charge in [-0.3, -0.25) is 0 Å². The van der Waals surface area contributed by atoms with Crippen molar-refractivity contribution in [3.8, 4) is 0 Å². The molecule has 0 saturated carbocycles. The average Bonchev–Trinajstić information content (AvgIpc) is 2.68. The van der Waals surface area contributed by atoms with Crippen LogP contribution in [0.25, 0.3) is 0 Å². The quantitative estimate of drug-likeness (QED) is 0.295. The van der Waals surface area contributed by atoms with Crippen molar-refractivity contribution in [1.82, 2.24) is 0 Å². The molecule has 0 aliphatic rings. The summed E-state index contributed by atoms with van der Waals surface area (Å²) in [6.07, 6.45) is -1.20. The molecule has 224 valence electrons. The molecule has 0 atom stereocenters. The molecule has 4 heteroatoms. The first-order valence-corrected chi connectivity index (χ1v) is 18.1. The van der Waals surface area contributed by atoms with E-state index >= 15 is 0 Å². The predicted molar refractivity (Wildman–Crippen MR) is 185 cm³/mol. The highest BCUT2D eigenvalue weighted by molar-refractivity contribution is 9.36. The fourth-order valence-corrected chi connectivity index (χ4v) is 6.58. The van der Waals surface area contributed by atoms with Gasteiger partial charge in [0.2, 0.25) is 0 Å². The van der Waals surface area contributed by atoms with E-state index in [1.54, 1.807) is 0 Å². The van der Waals surface area contributed by atoms with Gasteiger partial charge in [0.1, 0.15) is 6.21 Å². The van der Waals surface area contributed by atoms with Crippen LogP contribution in [0, 0.1) is 0 Å². The molecule has 2 nitrogen and oxygen atoms in total. The maximum Gasteiger partial charge on any atom is 0.140 e. The smallest absolute Gasteiger partial charge is 0.140 e. The number of hydrogen-bond acceptors (Lipinski definition) is 2. The zero-order valence-electron chi connectivity index (χ0n) is 29.0. The first kappa shape index (κ1) is 35.0. The van der Waals surface area contributed by atoms with Crippen LogP contribution in [0.5, 0.6) is 0 Å². The normalized spacial score (nSPS) is 14.7. The number of benzene rings is 2. The Hall–Kier alpha value is -1.18. The molecule has 0 spiro atoms. The predicted octanol–water partition coefficient (Wildman–Crippen LogP) is 13.6. The molecule has 2 aromatic carbocycles. The van der Waals surface area contributed by atoms with Crippen LogP contribution >= 0.6 is 21.7 Å². The summed E-state index contributed by atoms with van der Waals surface area (Å²) in [6, 6.07) is 9.57. The van der Waals surface area contributed by atoms with Gasteiger partial charge in [-0.05, 0) is 65.9 Å². The SMILES string of the molecule is CC(C)(C)c1cc(C(C)(C)C)c(N=P(Br)=Nc2c(C(C)(C)C)cc(C(C)(C)C)cc2C(C)(C)C)c(C(C)(C)C)c1. The highest BCUT2D eigenvalue weighted by atomic mass is 79.9. The molecule has 0 amide bonds. The first-order chi connectivity index (χ1) is 17.5. The molecule has 40 heavy (non-hydrogen) atoms. The lowest BCUT2D eigenvalue weighted by Crippen LogP contribution is -2.21. The summed E-state index contributed by atoms with van der Waals surface area (Å²) in [7, 11) is 0. The average molecular weight is 630 g/mol. The molecule has 2 aromatic rings. The summed E-state index contributed by atoms with van der Waals surface area (Å²) in [4.78, 5) is 0. The molecule has 0 radical (unpaired) electrons. The topological polar surface area (TPSA) is 24.7 Å². The molecule has 0 aromatic heterocycles. The Labute approximate surface area is 256 Å². The van der Waals surface area contributed by atoms with Gasteiger partial charge in [-0.15, -0.1) is 0 Å². The van der Waals surface area contributed by atoms with Crippen LogP contribution in [-0.2, 0) is 32.5 Å². The van der Waals surface area contributed by atoms with Crippen molar-refractivity contribution in [3.05, 3.63) is 57.6 Å². The molecule has 0 bridgehead atoms. The lowest BCUT2D eigenvalue weighted by molar-refractivity contribution is 0.549. The second kappa shape index (κ2) is 11.1. The van der Waals surface area contributed by atoms with Crippen LogP contribution in [0.1, 0.15) is 158 Å². The molecular weight excluding hydrogens is 571 g/mol. The van der Waals surface area contributed by atoms with Gasteiger partial charge in [0.05, 0.1) is 11.4 Å². The van der Waals surface area contributed by atoms with E-state index in [2.05, 4.69) is 164 Å². The number of hydrogen-bond donors (Lipinski definition) is 0. The van der Waals surface area contributed by atoms with Crippen LogP contribution in [-0.4, -0.2) is 0 Å². The molecule has 0 heterocycles. The fourth-order valence-electron chi connectivity index (χ4n) is 4.82. The number of halogens is 1. The van der Waals surface area contributed by atoms with Crippen LogP contribution in [0.2, 0.25) is 0 Å². The van der Waals surface area contributed by atoms with Crippen molar-refractivity contribution in [2.75, 3.05) is 0 Å². The molecule has 0 unspecified atom stereocenters. The Morgan fingerprint density at radius 2 is 0.600 bits per heavy atom. The van der Waals surface area contributed by atoms with Gasteiger partial charge in [-0.1, -0.05) is 149 Å². The molecule has 0 fully saturated rings. The fraction of sp³-hybridized carbons (Fsp3) is 0.667. The minimum atomic E-state index is -1.20. The first-order valence-electron chi connectivity index (χ1n) is 14.8. The molecule has 0 aliphatic carbocycles. The molecule has 0 N–H and O–H groups in total. The highest BCUT2D eigenvalue weighted by Gasteiger charge is 2.31. The summed E-state index contributed by atoms with van der Waals surface area (Å²) >= 11 is 4.00. The van der Waals surface area contributed by atoms with E-state index in [0.717, 1.165) is 11.4 Å². The Bertz CT molecular complexity index is 1160. The standard InChI is InChI=1S/C36H58BrN2P/c1-31(2,3)23-19-25(33(7,8)9)29(26(20-23)34(10,11)12)38-40(37)39-30-27(35(13,14)15)21-24(32(4,5)6)22-28(30)36(16,17)18/h19-22H,1-18H3. The van der Waals surface area contributed by atoms with Gasteiger partial charge < -0.3 is 0 Å². The van der Waals surface area contributed by atoms with Gasteiger partial charge in [0.25, 0.3) is 0 Å². The second-order valence-corrected chi connectivity index (χ2v) is 20.6. The van der Waals surface area contributed by atoms with E-state index < -0.39 is 6.21 Å². The molecule has 2 rings (SSSR count). The van der Waals surface area contributed by atoms with Crippen molar-refractivity contribution >= 4 is 33.1 Å². The van der Waals surface area contributed by atoms with Gasteiger partial charge in [0.15, 0.2) is 0 Å². The van der Waals surface area contributed by atoms with Crippen molar-refractivity contribution in [1.29, 1.82) is 0 Å². The third kappa shape index (κ3) is 8.44. The number of nitrogens with zero attached hydrogens (tertiary/aromatic N) is 2. The molecule has 0 saturated heterocycles. The van der Waals surface area contributed by atoms with E-state index in [1.165, 1.54) is 33.4 Å². The highest BCUT2D eigenvalue weighted by Crippen LogP contribution is 2.50. The van der Waals surface area contributed by atoms with E-state index in [9.17, 15) is 0 Å². The van der Waals surface area contributed by atoms with E-state index in [4.69, 9.17) is 9.49 Å². The second-order valence-electron chi connectivity index (χ2n) is 17.8.